The summed E-state index contributed by atoms with van der Waals surface area (Å²) in [6.45, 7) is 2.08. The van der Waals surface area contributed by atoms with E-state index in [2.05, 4.69) is 10.1 Å². The molecule has 2 aromatic carbocycles. The van der Waals surface area contributed by atoms with Crippen molar-refractivity contribution >= 4 is 10.0 Å². The number of halogens is 1. The molecule has 140 valence electrons. The molecule has 0 N–H and O–H groups in total. The van der Waals surface area contributed by atoms with E-state index < -0.39 is 15.8 Å². The van der Waals surface area contributed by atoms with Gasteiger partial charge < -0.3 is 4.52 Å². The van der Waals surface area contributed by atoms with Crippen molar-refractivity contribution in [2.45, 2.75) is 23.7 Å². The first-order chi connectivity index (χ1) is 13.0. The topological polar surface area (TPSA) is 76.3 Å². The highest BCUT2D eigenvalue weighted by Gasteiger charge is 2.43. The fourth-order valence-electron chi connectivity index (χ4n) is 3.51. The maximum atomic E-state index is 14.1. The zero-order valence-corrected chi connectivity index (χ0v) is 15.4. The van der Waals surface area contributed by atoms with E-state index in [1.165, 1.54) is 22.5 Å². The number of rotatable bonds is 4. The molecule has 0 amide bonds. The minimum atomic E-state index is -3.98. The van der Waals surface area contributed by atoms with Gasteiger partial charge in [-0.15, -0.1) is 0 Å². The summed E-state index contributed by atoms with van der Waals surface area (Å²) in [4.78, 5) is 3.98. The largest absolute Gasteiger partial charge is 0.339 e. The monoisotopic (exact) mass is 387 g/mol. The van der Waals surface area contributed by atoms with Crippen molar-refractivity contribution in [1.82, 2.24) is 14.4 Å². The highest BCUT2D eigenvalue weighted by Crippen LogP contribution is 2.41. The second kappa shape index (κ2) is 6.86. The third kappa shape index (κ3) is 3.26. The number of hydrogen-bond acceptors (Lipinski definition) is 5. The van der Waals surface area contributed by atoms with Crippen LogP contribution >= 0.6 is 0 Å². The van der Waals surface area contributed by atoms with Crippen LogP contribution in [0.4, 0.5) is 4.39 Å². The molecule has 0 aliphatic carbocycles. The van der Waals surface area contributed by atoms with Gasteiger partial charge in [0.2, 0.25) is 15.9 Å². The predicted molar refractivity (Wildman–Crippen MR) is 96.1 cm³/mol. The van der Waals surface area contributed by atoms with Gasteiger partial charge in [0, 0.05) is 19.0 Å². The predicted octanol–water partition coefficient (Wildman–Crippen LogP) is 3.09. The van der Waals surface area contributed by atoms with Crippen molar-refractivity contribution in [1.29, 1.82) is 0 Å². The van der Waals surface area contributed by atoms with Gasteiger partial charge in [-0.3, -0.25) is 0 Å². The standard InChI is InChI=1S/C19H18FN3O3S/c1-13-21-19(26-22-13)16-12-23(11-15(16)14-7-3-2-4-8-14)27(24,25)18-10-6-5-9-17(18)20/h2-10,15-16H,11-12H2,1H3/t15-,16-/m0/s1. The first kappa shape index (κ1) is 17.8. The molecule has 0 unspecified atom stereocenters. The lowest BCUT2D eigenvalue weighted by Gasteiger charge is -2.17. The Morgan fingerprint density at radius 3 is 2.37 bits per heavy atom. The second-order valence-corrected chi connectivity index (χ2v) is 8.46. The minimum absolute atomic E-state index is 0.151. The molecule has 3 aromatic rings. The molecule has 1 aliphatic rings. The normalized spacial score (nSPS) is 20.8. The first-order valence-corrected chi connectivity index (χ1v) is 10.0. The Morgan fingerprint density at radius 2 is 1.70 bits per heavy atom. The molecular formula is C19H18FN3O3S. The van der Waals surface area contributed by atoms with Gasteiger partial charge >= 0.3 is 0 Å². The average Bonchev–Trinajstić information content (AvgIpc) is 3.29. The summed E-state index contributed by atoms with van der Waals surface area (Å²) in [5.74, 6) is -0.326. The molecule has 1 saturated heterocycles. The van der Waals surface area contributed by atoms with Crippen molar-refractivity contribution in [3.63, 3.8) is 0 Å². The van der Waals surface area contributed by atoms with E-state index in [0.29, 0.717) is 11.7 Å². The molecule has 6 nitrogen and oxygen atoms in total. The highest BCUT2D eigenvalue weighted by atomic mass is 32.2. The molecular weight excluding hydrogens is 369 g/mol. The zero-order valence-electron chi connectivity index (χ0n) is 14.6. The lowest BCUT2D eigenvalue weighted by Crippen LogP contribution is -2.29. The molecule has 1 aromatic heterocycles. The molecule has 1 aliphatic heterocycles. The Balaban J connectivity index is 1.73. The molecule has 2 atom stereocenters. The molecule has 0 radical (unpaired) electrons. The van der Waals surface area contributed by atoms with Crippen molar-refractivity contribution < 1.29 is 17.3 Å². The Morgan fingerprint density at radius 1 is 1.04 bits per heavy atom. The third-order valence-electron chi connectivity index (χ3n) is 4.83. The molecule has 0 spiro atoms. The summed E-state index contributed by atoms with van der Waals surface area (Å²) in [6.07, 6.45) is 0. The second-order valence-electron chi connectivity index (χ2n) is 6.56. The van der Waals surface area contributed by atoms with E-state index in [4.69, 9.17) is 4.52 Å². The Hall–Kier alpha value is -2.58. The van der Waals surface area contributed by atoms with Crippen LogP contribution in [0.2, 0.25) is 0 Å². The first-order valence-electron chi connectivity index (χ1n) is 8.56. The summed E-state index contributed by atoms with van der Waals surface area (Å²) in [5, 5.41) is 3.83. The van der Waals surface area contributed by atoms with Crippen molar-refractivity contribution in [3.8, 4) is 0 Å². The van der Waals surface area contributed by atoms with Gasteiger partial charge in [0.15, 0.2) is 5.82 Å². The van der Waals surface area contributed by atoms with E-state index >= 15 is 0 Å². The smallest absolute Gasteiger partial charge is 0.246 e. The summed E-state index contributed by atoms with van der Waals surface area (Å²) >= 11 is 0. The molecule has 1 fully saturated rings. The van der Waals surface area contributed by atoms with Crippen LogP contribution in [-0.2, 0) is 10.0 Å². The maximum absolute atomic E-state index is 14.1. The number of benzene rings is 2. The van der Waals surface area contributed by atoms with Gasteiger partial charge in [-0.25, -0.2) is 12.8 Å². The summed E-state index contributed by atoms with van der Waals surface area (Å²) < 4.78 is 46.8. The molecule has 4 rings (SSSR count). The summed E-state index contributed by atoms with van der Waals surface area (Å²) in [6, 6.07) is 15.0. The number of aryl methyl sites for hydroxylation is 1. The van der Waals surface area contributed by atoms with E-state index in [9.17, 15) is 12.8 Å². The van der Waals surface area contributed by atoms with E-state index in [1.807, 2.05) is 30.3 Å². The third-order valence-corrected chi connectivity index (χ3v) is 6.69. The SMILES string of the molecule is Cc1noc([C@H]2CN(S(=O)(=O)c3ccccc3F)C[C@H]2c2ccccc2)n1. The van der Waals surface area contributed by atoms with E-state index in [-0.39, 0.29) is 29.8 Å². The van der Waals surface area contributed by atoms with E-state index in [1.54, 1.807) is 6.92 Å². The molecule has 27 heavy (non-hydrogen) atoms. The number of aromatic nitrogens is 2. The number of hydrogen-bond donors (Lipinski definition) is 0. The van der Waals surface area contributed by atoms with Crippen molar-refractivity contribution in [2.75, 3.05) is 13.1 Å². The molecule has 0 saturated carbocycles. The number of nitrogens with zero attached hydrogens (tertiary/aromatic N) is 3. The van der Waals surface area contributed by atoms with Crippen LogP contribution in [0.1, 0.15) is 29.1 Å². The minimum Gasteiger partial charge on any atom is -0.339 e. The summed E-state index contributed by atoms with van der Waals surface area (Å²) in [5.41, 5.74) is 0.976. The van der Waals surface area contributed by atoms with Gasteiger partial charge in [0.25, 0.3) is 0 Å². The van der Waals surface area contributed by atoms with Crippen LogP contribution in [-0.4, -0.2) is 36.0 Å². The Bertz CT molecular complexity index is 1050. The maximum Gasteiger partial charge on any atom is 0.246 e. The van der Waals surface area contributed by atoms with Crippen LogP contribution in [0.25, 0.3) is 0 Å². The lowest BCUT2D eigenvalue weighted by atomic mass is 9.89. The van der Waals surface area contributed by atoms with Crippen LogP contribution in [0.5, 0.6) is 0 Å². The Kier molecular flexibility index (Phi) is 4.53. The quantitative estimate of drug-likeness (QED) is 0.688. The average molecular weight is 387 g/mol. The van der Waals surface area contributed by atoms with Crippen LogP contribution in [0.3, 0.4) is 0 Å². The number of sulfonamides is 1. The van der Waals surface area contributed by atoms with Crippen LogP contribution in [0, 0.1) is 12.7 Å². The molecule has 8 heteroatoms. The lowest BCUT2D eigenvalue weighted by molar-refractivity contribution is 0.345. The van der Waals surface area contributed by atoms with Gasteiger partial charge in [-0.05, 0) is 24.6 Å². The fraction of sp³-hybridized carbons (Fsp3) is 0.263. The van der Waals surface area contributed by atoms with Gasteiger partial charge in [0.05, 0.1) is 5.92 Å². The summed E-state index contributed by atoms with van der Waals surface area (Å²) in [7, 11) is -3.98. The Labute approximate surface area is 156 Å². The molecule has 0 bridgehead atoms. The van der Waals surface area contributed by atoms with Crippen LogP contribution in [0.15, 0.2) is 64.0 Å². The fourth-order valence-corrected chi connectivity index (χ4v) is 5.07. The van der Waals surface area contributed by atoms with Crippen LogP contribution < -0.4 is 0 Å². The zero-order chi connectivity index (χ0) is 19.0. The van der Waals surface area contributed by atoms with Crippen molar-refractivity contribution in [3.05, 3.63) is 77.7 Å². The van der Waals surface area contributed by atoms with Gasteiger partial charge in [-0.1, -0.05) is 47.6 Å². The van der Waals surface area contributed by atoms with Gasteiger partial charge in [-0.2, -0.15) is 9.29 Å². The molecule has 2 heterocycles. The van der Waals surface area contributed by atoms with Crippen molar-refractivity contribution in [2.24, 2.45) is 0 Å². The van der Waals surface area contributed by atoms with E-state index in [0.717, 1.165) is 11.6 Å². The van der Waals surface area contributed by atoms with Gasteiger partial charge in [0.1, 0.15) is 10.7 Å². The highest BCUT2D eigenvalue weighted by molar-refractivity contribution is 7.89.